The molecule has 0 saturated heterocycles. The summed E-state index contributed by atoms with van der Waals surface area (Å²) in [5.41, 5.74) is 3.36. The van der Waals surface area contributed by atoms with Gasteiger partial charge in [0, 0.05) is 18.7 Å². The van der Waals surface area contributed by atoms with E-state index in [0.29, 0.717) is 22.9 Å². The topological polar surface area (TPSA) is 20.3 Å². The number of halogens is 2. The van der Waals surface area contributed by atoms with Gasteiger partial charge in [-0.3, -0.25) is 4.79 Å². The lowest BCUT2D eigenvalue weighted by atomic mass is 10.0. The average molecular weight is 334 g/mol. The zero-order valence-electron chi connectivity index (χ0n) is 12.2. The number of rotatable bonds is 3. The smallest absolute Gasteiger partial charge is 0.227 e. The molecule has 0 bridgehead atoms. The Labute approximate surface area is 140 Å². The fourth-order valence-corrected chi connectivity index (χ4v) is 3.19. The van der Waals surface area contributed by atoms with Crippen molar-refractivity contribution in [1.29, 1.82) is 0 Å². The molecule has 0 unspecified atom stereocenters. The Kier molecular flexibility index (Phi) is 4.70. The summed E-state index contributed by atoms with van der Waals surface area (Å²) in [7, 11) is 0. The summed E-state index contributed by atoms with van der Waals surface area (Å²) in [4.78, 5) is 14.5. The Hall–Kier alpha value is -1.51. The van der Waals surface area contributed by atoms with Crippen LogP contribution < -0.4 is 4.90 Å². The van der Waals surface area contributed by atoms with E-state index >= 15 is 0 Å². The molecule has 0 fully saturated rings. The molecular formula is C18H17Cl2NO. The van der Waals surface area contributed by atoms with Crippen LogP contribution in [0.5, 0.6) is 0 Å². The van der Waals surface area contributed by atoms with Crippen LogP contribution in [-0.2, 0) is 17.6 Å². The predicted octanol–water partition coefficient (Wildman–Crippen LogP) is 4.91. The van der Waals surface area contributed by atoms with E-state index in [1.165, 1.54) is 5.56 Å². The van der Waals surface area contributed by atoms with Crippen LogP contribution >= 0.6 is 23.2 Å². The molecule has 0 aromatic heterocycles. The molecule has 0 atom stereocenters. The van der Waals surface area contributed by atoms with Gasteiger partial charge in [0.1, 0.15) is 0 Å². The van der Waals surface area contributed by atoms with Gasteiger partial charge in [0.25, 0.3) is 0 Å². The van der Waals surface area contributed by atoms with E-state index in [0.717, 1.165) is 30.6 Å². The number of carbonyl (C=O) groups excluding carboxylic acids is 1. The van der Waals surface area contributed by atoms with E-state index < -0.39 is 0 Å². The fraction of sp³-hybridized carbons (Fsp3) is 0.278. The van der Waals surface area contributed by atoms with Gasteiger partial charge in [0.2, 0.25) is 5.91 Å². The lowest BCUT2D eigenvalue weighted by Gasteiger charge is -2.29. The maximum Gasteiger partial charge on any atom is 0.227 e. The van der Waals surface area contributed by atoms with Crippen molar-refractivity contribution in [2.75, 3.05) is 11.4 Å². The SMILES string of the molecule is O=C(CCc1ccc(Cl)c(Cl)c1)N1CCCc2ccccc21. The molecule has 2 aromatic carbocycles. The number of fused-ring (bicyclic) bond motifs is 1. The highest BCUT2D eigenvalue weighted by Gasteiger charge is 2.21. The third kappa shape index (κ3) is 3.29. The second-order valence-corrected chi connectivity index (χ2v) is 6.34. The number of benzene rings is 2. The largest absolute Gasteiger partial charge is 0.312 e. The van der Waals surface area contributed by atoms with Gasteiger partial charge in [-0.1, -0.05) is 47.5 Å². The highest BCUT2D eigenvalue weighted by atomic mass is 35.5. The van der Waals surface area contributed by atoms with E-state index in [1.807, 2.05) is 35.2 Å². The molecule has 22 heavy (non-hydrogen) atoms. The molecule has 1 heterocycles. The van der Waals surface area contributed by atoms with Gasteiger partial charge in [-0.05, 0) is 48.6 Å². The zero-order valence-corrected chi connectivity index (χ0v) is 13.7. The van der Waals surface area contributed by atoms with Crippen molar-refractivity contribution in [3.05, 3.63) is 63.6 Å². The number of aryl methyl sites for hydroxylation is 2. The third-order valence-electron chi connectivity index (χ3n) is 4.02. The van der Waals surface area contributed by atoms with Gasteiger partial charge in [-0.2, -0.15) is 0 Å². The molecule has 0 aliphatic carbocycles. The lowest BCUT2D eigenvalue weighted by Crippen LogP contribution is -2.35. The minimum Gasteiger partial charge on any atom is -0.312 e. The standard InChI is InChI=1S/C18H17Cl2NO/c19-15-9-7-13(12-16(15)20)8-10-18(22)21-11-3-5-14-4-1-2-6-17(14)21/h1-2,4,6-7,9,12H,3,5,8,10-11H2. The normalized spacial score (nSPS) is 13.8. The minimum absolute atomic E-state index is 0.165. The second kappa shape index (κ2) is 6.72. The van der Waals surface area contributed by atoms with Crippen molar-refractivity contribution >= 4 is 34.8 Å². The van der Waals surface area contributed by atoms with Crippen molar-refractivity contribution in [3.63, 3.8) is 0 Å². The van der Waals surface area contributed by atoms with Gasteiger partial charge in [-0.15, -0.1) is 0 Å². The summed E-state index contributed by atoms with van der Waals surface area (Å²) < 4.78 is 0. The Morgan fingerprint density at radius 1 is 1.09 bits per heavy atom. The number of nitrogens with zero attached hydrogens (tertiary/aromatic N) is 1. The molecule has 2 aromatic rings. The van der Waals surface area contributed by atoms with Crippen molar-refractivity contribution in [3.8, 4) is 0 Å². The first kappa shape index (κ1) is 15.4. The van der Waals surface area contributed by atoms with Crippen LogP contribution in [0.3, 0.4) is 0 Å². The molecule has 0 saturated carbocycles. The minimum atomic E-state index is 0.165. The molecular weight excluding hydrogens is 317 g/mol. The first-order chi connectivity index (χ1) is 10.6. The van der Waals surface area contributed by atoms with Gasteiger partial charge < -0.3 is 4.90 Å². The van der Waals surface area contributed by atoms with Gasteiger partial charge in [-0.25, -0.2) is 0 Å². The molecule has 2 nitrogen and oxygen atoms in total. The maximum absolute atomic E-state index is 12.6. The average Bonchev–Trinajstić information content (AvgIpc) is 2.55. The predicted molar refractivity (Wildman–Crippen MR) is 91.9 cm³/mol. The molecule has 3 rings (SSSR count). The summed E-state index contributed by atoms with van der Waals surface area (Å²) in [6, 6.07) is 13.7. The number of para-hydroxylation sites is 1. The Morgan fingerprint density at radius 2 is 1.91 bits per heavy atom. The van der Waals surface area contributed by atoms with Crippen LogP contribution in [0.2, 0.25) is 10.0 Å². The van der Waals surface area contributed by atoms with Crippen molar-refractivity contribution in [1.82, 2.24) is 0 Å². The van der Waals surface area contributed by atoms with E-state index in [-0.39, 0.29) is 5.91 Å². The summed E-state index contributed by atoms with van der Waals surface area (Å²) in [5.74, 6) is 0.165. The Morgan fingerprint density at radius 3 is 2.73 bits per heavy atom. The molecule has 114 valence electrons. The highest BCUT2D eigenvalue weighted by molar-refractivity contribution is 6.42. The molecule has 1 aliphatic rings. The Balaban J connectivity index is 1.69. The Bertz CT molecular complexity index is 699. The summed E-state index contributed by atoms with van der Waals surface area (Å²) in [6.45, 7) is 0.803. The molecule has 4 heteroatoms. The van der Waals surface area contributed by atoms with Crippen LogP contribution in [0, 0.1) is 0 Å². The summed E-state index contributed by atoms with van der Waals surface area (Å²) in [6.07, 6.45) is 3.23. The van der Waals surface area contributed by atoms with Gasteiger partial charge in [0.05, 0.1) is 10.0 Å². The van der Waals surface area contributed by atoms with Crippen molar-refractivity contribution in [2.45, 2.75) is 25.7 Å². The zero-order chi connectivity index (χ0) is 15.5. The fourth-order valence-electron chi connectivity index (χ4n) is 2.87. The second-order valence-electron chi connectivity index (χ2n) is 5.53. The third-order valence-corrected chi connectivity index (χ3v) is 4.76. The highest BCUT2D eigenvalue weighted by Crippen LogP contribution is 2.28. The molecule has 1 amide bonds. The maximum atomic E-state index is 12.6. The quantitative estimate of drug-likeness (QED) is 0.781. The van der Waals surface area contributed by atoms with Crippen LogP contribution in [0.25, 0.3) is 0 Å². The van der Waals surface area contributed by atoms with E-state index in [9.17, 15) is 4.79 Å². The van der Waals surface area contributed by atoms with Crippen molar-refractivity contribution < 1.29 is 4.79 Å². The van der Waals surface area contributed by atoms with Crippen LogP contribution in [0.1, 0.15) is 24.0 Å². The molecule has 1 aliphatic heterocycles. The van der Waals surface area contributed by atoms with Gasteiger partial charge in [0.15, 0.2) is 0 Å². The monoisotopic (exact) mass is 333 g/mol. The van der Waals surface area contributed by atoms with Crippen molar-refractivity contribution in [2.24, 2.45) is 0 Å². The first-order valence-electron chi connectivity index (χ1n) is 7.47. The van der Waals surface area contributed by atoms with Crippen LogP contribution in [-0.4, -0.2) is 12.5 Å². The number of amides is 1. The summed E-state index contributed by atoms with van der Waals surface area (Å²) >= 11 is 11.9. The van der Waals surface area contributed by atoms with E-state index in [4.69, 9.17) is 23.2 Å². The number of carbonyl (C=O) groups is 1. The number of anilines is 1. The van der Waals surface area contributed by atoms with E-state index in [1.54, 1.807) is 6.07 Å². The van der Waals surface area contributed by atoms with E-state index in [2.05, 4.69) is 6.07 Å². The number of hydrogen-bond acceptors (Lipinski definition) is 1. The molecule has 0 radical (unpaired) electrons. The summed E-state index contributed by atoms with van der Waals surface area (Å²) in [5, 5.41) is 1.08. The molecule has 0 spiro atoms. The van der Waals surface area contributed by atoms with Gasteiger partial charge >= 0.3 is 0 Å². The lowest BCUT2D eigenvalue weighted by molar-refractivity contribution is -0.118. The van der Waals surface area contributed by atoms with Crippen LogP contribution in [0.4, 0.5) is 5.69 Å². The first-order valence-corrected chi connectivity index (χ1v) is 8.23. The van der Waals surface area contributed by atoms with Crippen LogP contribution in [0.15, 0.2) is 42.5 Å². The number of hydrogen-bond donors (Lipinski definition) is 0. The molecule has 0 N–H and O–H groups in total.